The quantitative estimate of drug-likeness (QED) is 0.446. The van der Waals surface area contributed by atoms with Crippen molar-refractivity contribution >= 4 is 52.9 Å². The van der Waals surface area contributed by atoms with Gasteiger partial charge in [0.2, 0.25) is 0 Å². The predicted octanol–water partition coefficient (Wildman–Crippen LogP) is 3.88. The number of thiophene rings is 1. The Kier molecular flexibility index (Phi) is 7.94. The highest BCUT2D eigenvalue weighted by molar-refractivity contribution is 14.0. The van der Waals surface area contributed by atoms with Gasteiger partial charge in [-0.25, -0.2) is 0 Å². The smallest absolute Gasteiger partial charge is 0.191 e. The van der Waals surface area contributed by atoms with Crippen molar-refractivity contribution in [1.29, 1.82) is 0 Å². The van der Waals surface area contributed by atoms with Crippen LogP contribution in [0, 0.1) is 0 Å². The lowest BCUT2D eigenvalue weighted by atomic mass is 10.2. The zero-order valence-electron chi connectivity index (χ0n) is 11.1. The molecule has 6 heteroatoms. The van der Waals surface area contributed by atoms with Crippen LogP contribution in [0.1, 0.15) is 10.4 Å². The molecule has 0 unspecified atom stereocenters. The van der Waals surface area contributed by atoms with Crippen LogP contribution in [-0.2, 0) is 13.1 Å². The summed E-state index contributed by atoms with van der Waals surface area (Å²) in [6, 6.07) is 11.9. The van der Waals surface area contributed by atoms with E-state index in [1.807, 2.05) is 30.3 Å². The van der Waals surface area contributed by atoms with Gasteiger partial charge in [-0.3, -0.25) is 4.99 Å². The first-order chi connectivity index (χ1) is 9.29. The molecule has 0 atom stereocenters. The molecule has 0 radical (unpaired) electrons. The second-order valence-electron chi connectivity index (χ2n) is 3.95. The molecule has 2 aromatic rings. The fourth-order valence-corrected chi connectivity index (χ4v) is 2.47. The van der Waals surface area contributed by atoms with Gasteiger partial charge >= 0.3 is 0 Å². The normalized spacial score (nSPS) is 10.8. The number of hydrogen-bond donors (Lipinski definition) is 2. The second kappa shape index (κ2) is 9.20. The maximum absolute atomic E-state index is 6.11. The molecule has 0 aliphatic carbocycles. The molecule has 0 bridgehead atoms. The van der Waals surface area contributed by atoms with Crippen molar-refractivity contribution in [2.45, 2.75) is 13.1 Å². The standard InChI is InChI=1S/C14H16ClN3S.HI/c1-16-14(18-10-12-6-4-8-19-12)17-9-11-5-2-3-7-13(11)15;/h2-8H,9-10H2,1H3,(H2,16,17,18);1H. The summed E-state index contributed by atoms with van der Waals surface area (Å²) in [6.45, 7) is 1.43. The number of nitrogens with zero attached hydrogens (tertiary/aromatic N) is 1. The molecule has 1 aromatic carbocycles. The van der Waals surface area contributed by atoms with E-state index in [-0.39, 0.29) is 24.0 Å². The van der Waals surface area contributed by atoms with Crippen LogP contribution < -0.4 is 10.6 Å². The molecule has 0 fully saturated rings. The van der Waals surface area contributed by atoms with Crippen LogP contribution >= 0.6 is 46.9 Å². The average Bonchev–Trinajstić information content (AvgIpc) is 2.94. The average molecular weight is 422 g/mol. The Morgan fingerprint density at radius 1 is 1.15 bits per heavy atom. The van der Waals surface area contributed by atoms with Gasteiger partial charge in [0.1, 0.15) is 0 Å². The molecule has 1 heterocycles. The summed E-state index contributed by atoms with van der Waals surface area (Å²) in [6.07, 6.45) is 0. The van der Waals surface area contributed by atoms with Crippen molar-refractivity contribution in [2.24, 2.45) is 4.99 Å². The Hall–Kier alpha value is -0.790. The summed E-state index contributed by atoms with van der Waals surface area (Å²) in [5, 5.41) is 9.35. The largest absolute Gasteiger partial charge is 0.352 e. The van der Waals surface area contributed by atoms with Crippen molar-refractivity contribution in [3.8, 4) is 0 Å². The Morgan fingerprint density at radius 3 is 2.55 bits per heavy atom. The number of aliphatic imine (C=N–C) groups is 1. The lowest BCUT2D eigenvalue weighted by molar-refractivity contribution is 0.815. The molecule has 0 spiro atoms. The van der Waals surface area contributed by atoms with Gasteiger partial charge in [0, 0.05) is 23.5 Å². The van der Waals surface area contributed by atoms with Gasteiger partial charge in [-0.05, 0) is 23.1 Å². The minimum atomic E-state index is 0. The third-order valence-electron chi connectivity index (χ3n) is 2.64. The zero-order valence-corrected chi connectivity index (χ0v) is 15.0. The van der Waals surface area contributed by atoms with Crippen molar-refractivity contribution < 1.29 is 0 Å². The fraction of sp³-hybridized carbons (Fsp3) is 0.214. The molecule has 0 saturated carbocycles. The van der Waals surface area contributed by atoms with Crippen LogP contribution in [-0.4, -0.2) is 13.0 Å². The summed E-state index contributed by atoms with van der Waals surface area (Å²) >= 11 is 7.84. The fourth-order valence-electron chi connectivity index (χ4n) is 1.63. The van der Waals surface area contributed by atoms with Crippen LogP contribution in [0.4, 0.5) is 0 Å². The molecule has 0 saturated heterocycles. The highest BCUT2D eigenvalue weighted by atomic mass is 127. The van der Waals surface area contributed by atoms with E-state index in [0.29, 0.717) is 6.54 Å². The summed E-state index contributed by atoms with van der Waals surface area (Å²) < 4.78 is 0. The van der Waals surface area contributed by atoms with Gasteiger partial charge in [0.05, 0.1) is 6.54 Å². The monoisotopic (exact) mass is 421 g/mol. The Bertz CT molecular complexity index is 543. The molecule has 0 amide bonds. The molecule has 2 N–H and O–H groups in total. The van der Waals surface area contributed by atoms with E-state index in [9.17, 15) is 0 Å². The van der Waals surface area contributed by atoms with Crippen molar-refractivity contribution in [2.75, 3.05) is 7.05 Å². The number of halogens is 2. The SMILES string of the molecule is CN=C(NCc1cccs1)NCc1ccccc1Cl.I. The van der Waals surface area contributed by atoms with Gasteiger partial charge < -0.3 is 10.6 Å². The molecule has 0 aliphatic rings. The van der Waals surface area contributed by atoms with Crippen LogP contribution in [0.5, 0.6) is 0 Å². The molecule has 2 rings (SSSR count). The molecular formula is C14H17ClIN3S. The van der Waals surface area contributed by atoms with Gasteiger partial charge in [0.25, 0.3) is 0 Å². The Balaban J connectivity index is 0.00000200. The number of nitrogens with one attached hydrogen (secondary N) is 2. The lowest BCUT2D eigenvalue weighted by Crippen LogP contribution is -2.36. The van der Waals surface area contributed by atoms with E-state index >= 15 is 0 Å². The summed E-state index contributed by atoms with van der Waals surface area (Å²) in [5.41, 5.74) is 1.06. The van der Waals surface area contributed by atoms with E-state index in [1.165, 1.54) is 4.88 Å². The van der Waals surface area contributed by atoms with E-state index in [1.54, 1.807) is 18.4 Å². The van der Waals surface area contributed by atoms with Gasteiger partial charge in [-0.15, -0.1) is 35.3 Å². The molecule has 20 heavy (non-hydrogen) atoms. The van der Waals surface area contributed by atoms with Crippen molar-refractivity contribution in [1.82, 2.24) is 10.6 Å². The first-order valence-electron chi connectivity index (χ1n) is 6.00. The minimum absolute atomic E-state index is 0. The van der Waals surface area contributed by atoms with Crippen LogP contribution in [0.3, 0.4) is 0 Å². The Labute approximate surface area is 145 Å². The highest BCUT2D eigenvalue weighted by Gasteiger charge is 2.01. The van der Waals surface area contributed by atoms with Gasteiger partial charge in [0.15, 0.2) is 5.96 Å². The van der Waals surface area contributed by atoms with Gasteiger partial charge in [-0.2, -0.15) is 0 Å². The number of rotatable bonds is 4. The Morgan fingerprint density at radius 2 is 1.90 bits per heavy atom. The summed E-state index contributed by atoms with van der Waals surface area (Å²) in [5.74, 6) is 0.772. The molecular weight excluding hydrogens is 405 g/mol. The van der Waals surface area contributed by atoms with E-state index in [0.717, 1.165) is 23.1 Å². The number of benzene rings is 1. The van der Waals surface area contributed by atoms with Crippen LogP contribution in [0.15, 0.2) is 46.8 Å². The van der Waals surface area contributed by atoms with E-state index in [2.05, 4.69) is 27.1 Å². The number of guanidine groups is 1. The maximum atomic E-state index is 6.11. The third kappa shape index (κ3) is 5.30. The molecule has 1 aromatic heterocycles. The molecule has 0 aliphatic heterocycles. The summed E-state index contributed by atoms with van der Waals surface area (Å²) in [7, 11) is 1.76. The zero-order chi connectivity index (χ0) is 13.5. The lowest BCUT2D eigenvalue weighted by Gasteiger charge is -2.12. The first kappa shape index (κ1) is 17.3. The van der Waals surface area contributed by atoms with E-state index in [4.69, 9.17) is 11.6 Å². The topological polar surface area (TPSA) is 36.4 Å². The highest BCUT2D eigenvalue weighted by Crippen LogP contribution is 2.14. The predicted molar refractivity (Wildman–Crippen MR) is 98.2 cm³/mol. The third-order valence-corrected chi connectivity index (χ3v) is 3.88. The summed E-state index contributed by atoms with van der Waals surface area (Å²) in [4.78, 5) is 5.47. The second-order valence-corrected chi connectivity index (χ2v) is 5.39. The van der Waals surface area contributed by atoms with E-state index < -0.39 is 0 Å². The number of hydrogen-bond acceptors (Lipinski definition) is 2. The maximum Gasteiger partial charge on any atom is 0.191 e. The van der Waals surface area contributed by atoms with Crippen LogP contribution in [0.25, 0.3) is 0 Å². The van der Waals surface area contributed by atoms with Crippen molar-refractivity contribution in [3.05, 3.63) is 57.2 Å². The van der Waals surface area contributed by atoms with Crippen LogP contribution in [0.2, 0.25) is 5.02 Å². The van der Waals surface area contributed by atoms with Crippen molar-refractivity contribution in [3.63, 3.8) is 0 Å². The minimum Gasteiger partial charge on any atom is -0.352 e. The van der Waals surface area contributed by atoms with Gasteiger partial charge in [-0.1, -0.05) is 35.9 Å². The molecule has 108 valence electrons. The first-order valence-corrected chi connectivity index (χ1v) is 7.25. The molecule has 3 nitrogen and oxygen atoms in total.